The van der Waals surface area contributed by atoms with E-state index < -0.39 is 13.0 Å². The first-order chi connectivity index (χ1) is 13.5. The molecule has 0 aliphatic carbocycles. The highest BCUT2D eigenvalue weighted by atomic mass is 19.3. The molecule has 0 unspecified atom stereocenters. The summed E-state index contributed by atoms with van der Waals surface area (Å²) in [6.45, 7) is -0.533. The molecule has 1 N–H and O–H groups in total. The Hall–Kier alpha value is -3.80. The van der Waals surface area contributed by atoms with Crippen LogP contribution in [-0.2, 0) is 7.05 Å². The van der Waals surface area contributed by atoms with Gasteiger partial charge in [-0.25, -0.2) is 13.8 Å². The standard InChI is InChI=1S/C19H14F2N6O/c1-27-10-24-15-5-3-12(7-16(15)27)19-26-25-18(28-19)11-2-4-14(13(6-11)8-22)23-9-17(20)21/h2-7,10,17,23H,9H2,1H3. The predicted molar refractivity (Wildman–Crippen MR) is 98.7 cm³/mol. The molecule has 0 saturated carbocycles. The van der Waals surface area contributed by atoms with E-state index in [0.717, 1.165) is 16.6 Å². The van der Waals surface area contributed by atoms with Crippen molar-refractivity contribution in [3.63, 3.8) is 0 Å². The number of alkyl halides is 2. The number of hydrogen-bond acceptors (Lipinski definition) is 6. The van der Waals surface area contributed by atoms with Gasteiger partial charge in [-0.3, -0.25) is 0 Å². The average Bonchev–Trinajstić information content (AvgIpc) is 3.33. The number of nitrogens with zero attached hydrogens (tertiary/aromatic N) is 5. The first kappa shape index (κ1) is 17.6. The van der Waals surface area contributed by atoms with Crippen LogP contribution in [0.3, 0.4) is 0 Å². The molecular weight excluding hydrogens is 366 g/mol. The van der Waals surface area contributed by atoms with E-state index in [0.29, 0.717) is 17.1 Å². The minimum absolute atomic E-state index is 0.217. The Labute approximate surface area is 158 Å². The Kier molecular flexibility index (Phi) is 4.45. The summed E-state index contributed by atoms with van der Waals surface area (Å²) in [5.74, 6) is 0.563. The van der Waals surface area contributed by atoms with Gasteiger partial charge in [-0.2, -0.15) is 5.26 Å². The molecule has 0 aliphatic rings. The summed E-state index contributed by atoms with van der Waals surface area (Å²) in [6, 6.07) is 12.3. The second-order valence-electron chi connectivity index (χ2n) is 6.12. The molecule has 4 aromatic rings. The third kappa shape index (κ3) is 3.27. The highest BCUT2D eigenvalue weighted by Crippen LogP contribution is 2.28. The van der Waals surface area contributed by atoms with Gasteiger partial charge in [0, 0.05) is 18.2 Å². The normalized spacial score (nSPS) is 11.1. The number of hydrogen-bond donors (Lipinski definition) is 1. The maximum atomic E-state index is 12.4. The Morgan fingerprint density at radius 1 is 1.14 bits per heavy atom. The van der Waals surface area contributed by atoms with Gasteiger partial charge >= 0.3 is 0 Å². The largest absolute Gasteiger partial charge is 0.416 e. The van der Waals surface area contributed by atoms with Crippen LogP contribution in [0.4, 0.5) is 14.5 Å². The van der Waals surface area contributed by atoms with Gasteiger partial charge in [-0.05, 0) is 36.4 Å². The van der Waals surface area contributed by atoms with Crippen molar-refractivity contribution >= 4 is 16.7 Å². The Morgan fingerprint density at radius 3 is 2.57 bits per heavy atom. The first-order valence-corrected chi connectivity index (χ1v) is 8.36. The van der Waals surface area contributed by atoms with E-state index in [2.05, 4.69) is 20.5 Å². The van der Waals surface area contributed by atoms with Crippen LogP contribution < -0.4 is 5.32 Å². The van der Waals surface area contributed by atoms with Crippen molar-refractivity contribution in [2.75, 3.05) is 11.9 Å². The average molecular weight is 380 g/mol. The first-order valence-electron chi connectivity index (χ1n) is 8.36. The van der Waals surface area contributed by atoms with Crippen LogP contribution in [0.25, 0.3) is 33.9 Å². The predicted octanol–water partition coefficient (Wildman–Crippen LogP) is 3.84. The molecule has 0 spiro atoms. The van der Waals surface area contributed by atoms with Gasteiger partial charge in [0.05, 0.1) is 35.2 Å². The second-order valence-corrected chi connectivity index (χ2v) is 6.12. The van der Waals surface area contributed by atoms with Crippen molar-refractivity contribution in [3.05, 3.63) is 48.3 Å². The van der Waals surface area contributed by atoms with Gasteiger partial charge in [0.15, 0.2) is 0 Å². The maximum Gasteiger partial charge on any atom is 0.255 e. The van der Waals surface area contributed by atoms with Gasteiger partial charge in [-0.15, -0.1) is 10.2 Å². The number of benzene rings is 2. The van der Waals surface area contributed by atoms with E-state index in [-0.39, 0.29) is 11.5 Å². The number of imidazole rings is 1. The zero-order valence-corrected chi connectivity index (χ0v) is 14.7. The van der Waals surface area contributed by atoms with Crippen molar-refractivity contribution in [2.45, 2.75) is 6.43 Å². The lowest BCUT2D eigenvalue weighted by molar-refractivity contribution is 0.163. The third-order valence-electron chi connectivity index (χ3n) is 4.23. The van der Waals surface area contributed by atoms with Crippen LogP contribution in [0, 0.1) is 11.3 Å². The van der Waals surface area contributed by atoms with E-state index in [4.69, 9.17) is 4.42 Å². The van der Waals surface area contributed by atoms with Crippen LogP contribution in [-0.4, -0.2) is 32.7 Å². The second kappa shape index (κ2) is 7.08. The molecule has 140 valence electrons. The molecule has 0 radical (unpaired) electrons. The Balaban J connectivity index is 1.65. The minimum Gasteiger partial charge on any atom is -0.416 e. The highest BCUT2D eigenvalue weighted by molar-refractivity contribution is 5.80. The van der Waals surface area contributed by atoms with Crippen molar-refractivity contribution in [1.29, 1.82) is 5.26 Å². The van der Waals surface area contributed by atoms with Crippen molar-refractivity contribution in [3.8, 4) is 29.0 Å². The van der Waals surface area contributed by atoms with Crippen molar-refractivity contribution < 1.29 is 13.2 Å². The molecule has 0 fully saturated rings. The minimum atomic E-state index is -2.51. The lowest BCUT2D eigenvalue weighted by Gasteiger charge is -2.08. The van der Waals surface area contributed by atoms with Crippen LogP contribution >= 0.6 is 0 Å². The van der Waals surface area contributed by atoms with E-state index in [9.17, 15) is 14.0 Å². The van der Waals surface area contributed by atoms with E-state index in [1.807, 2.05) is 35.9 Å². The molecule has 2 heterocycles. The fraction of sp³-hybridized carbons (Fsp3) is 0.158. The number of aryl methyl sites for hydroxylation is 1. The SMILES string of the molecule is Cn1cnc2ccc(-c3nnc(-c4ccc(NCC(F)F)c(C#N)c4)o3)cc21. The van der Waals surface area contributed by atoms with Gasteiger partial charge in [0.25, 0.3) is 6.43 Å². The van der Waals surface area contributed by atoms with Crippen molar-refractivity contribution in [2.24, 2.45) is 7.05 Å². The summed E-state index contributed by atoms with van der Waals surface area (Å²) >= 11 is 0. The summed E-state index contributed by atoms with van der Waals surface area (Å²) in [7, 11) is 1.89. The van der Waals surface area contributed by atoms with Crippen LogP contribution in [0.1, 0.15) is 5.56 Å². The number of anilines is 1. The van der Waals surface area contributed by atoms with Crippen molar-refractivity contribution in [1.82, 2.24) is 19.7 Å². The third-order valence-corrected chi connectivity index (χ3v) is 4.23. The molecule has 0 aliphatic heterocycles. The highest BCUT2D eigenvalue weighted by Gasteiger charge is 2.14. The molecule has 28 heavy (non-hydrogen) atoms. The molecule has 0 bridgehead atoms. The van der Waals surface area contributed by atoms with Gasteiger partial charge in [0.1, 0.15) is 6.07 Å². The molecule has 9 heteroatoms. The van der Waals surface area contributed by atoms with E-state index in [1.54, 1.807) is 18.5 Å². The lowest BCUT2D eigenvalue weighted by Crippen LogP contribution is -2.11. The van der Waals surface area contributed by atoms with Gasteiger partial charge in [0.2, 0.25) is 11.8 Å². The Bertz CT molecular complexity index is 1190. The molecular formula is C19H14F2N6O. The summed E-state index contributed by atoms with van der Waals surface area (Å²) in [5.41, 5.74) is 3.60. The summed E-state index contributed by atoms with van der Waals surface area (Å²) in [4.78, 5) is 4.27. The maximum absolute atomic E-state index is 12.4. The number of halogens is 2. The number of nitriles is 1. The number of fused-ring (bicyclic) bond motifs is 1. The Morgan fingerprint density at radius 2 is 1.86 bits per heavy atom. The molecule has 4 rings (SSSR count). The fourth-order valence-electron chi connectivity index (χ4n) is 2.83. The monoisotopic (exact) mass is 380 g/mol. The molecule has 0 saturated heterocycles. The molecule has 2 aromatic carbocycles. The summed E-state index contributed by atoms with van der Waals surface area (Å²) in [6.07, 6.45) is -0.790. The molecule has 0 amide bonds. The fourth-order valence-corrected chi connectivity index (χ4v) is 2.83. The molecule has 7 nitrogen and oxygen atoms in total. The number of nitrogens with one attached hydrogen (secondary N) is 1. The van der Waals surface area contributed by atoms with Crippen LogP contribution in [0.2, 0.25) is 0 Å². The molecule has 0 atom stereocenters. The van der Waals surface area contributed by atoms with E-state index in [1.165, 1.54) is 6.07 Å². The quantitative estimate of drug-likeness (QED) is 0.566. The number of rotatable bonds is 5. The van der Waals surface area contributed by atoms with Crippen LogP contribution in [0.5, 0.6) is 0 Å². The van der Waals surface area contributed by atoms with Gasteiger partial charge < -0.3 is 14.3 Å². The van der Waals surface area contributed by atoms with Gasteiger partial charge in [-0.1, -0.05) is 0 Å². The number of aromatic nitrogens is 4. The zero-order chi connectivity index (χ0) is 19.7. The topological polar surface area (TPSA) is 92.6 Å². The van der Waals surface area contributed by atoms with Crippen LogP contribution in [0.15, 0.2) is 47.1 Å². The smallest absolute Gasteiger partial charge is 0.255 e. The lowest BCUT2D eigenvalue weighted by atomic mass is 10.1. The zero-order valence-electron chi connectivity index (χ0n) is 14.7. The van der Waals surface area contributed by atoms with E-state index >= 15 is 0 Å². The summed E-state index contributed by atoms with van der Waals surface area (Å²) < 4.78 is 32.4. The molecule has 2 aromatic heterocycles. The summed E-state index contributed by atoms with van der Waals surface area (Å²) in [5, 5.41) is 20.0.